The van der Waals surface area contributed by atoms with Gasteiger partial charge >= 0.3 is 6.03 Å². The van der Waals surface area contributed by atoms with E-state index in [1.54, 1.807) is 12.1 Å². The van der Waals surface area contributed by atoms with Gasteiger partial charge in [-0.15, -0.1) is 0 Å². The quantitative estimate of drug-likeness (QED) is 0.757. The second-order valence-corrected chi connectivity index (χ2v) is 8.15. The molecule has 140 valence electrons. The predicted octanol–water partition coefficient (Wildman–Crippen LogP) is 3.18. The van der Waals surface area contributed by atoms with Gasteiger partial charge in [0.15, 0.2) is 0 Å². The highest BCUT2D eigenvalue weighted by Gasteiger charge is 2.54. The molecule has 5 rings (SSSR count). The number of carbonyl (C=O) groups is 1. The van der Waals surface area contributed by atoms with E-state index in [0.717, 1.165) is 37.6 Å². The number of anilines is 2. The normalized spacial score (nSPS) is 19.9. The number of aryl methyl sites for hydroxylation is 1. The molecular weight excluding hydrogens is 364 g/mol. The summed E-state index contributed by atoms with van der Waals surface area (Å²) in [6.45, 7) is 6.68. The van der Waals surface area contributed by atoms with Crippen LogP contribution in [-0.2, 0) is 0 Å². The van der Waals surface area contributed by atoms with Crippen LogP contribution in [0.5, 0.6) is 5.75 Å². The monoisotopic (exact) mass is 384 g/mol. The Kier molecular flexibility index (Phi) is 3.72. The van der Waals surface area contributed by atoms with Crippen LogP contribution in [0.4, 0.5) is 16.2 Å². The summed E-state index contributed by atoms with van der Waals surface area (Å²) in [5, 5.41) is 0.617. The highest BCUT2D eigenvalue weighted by atomic mass is 35.5. The average molecular weight is 385 g/mol. The largest absolute Gasteiger partial charge is 0.489 e. The highest BCUT2D eigenvalue weighted by molar-refractivity contribution is 6.30. The third kappa shape index (κ3) is 2.70. The van der Waals surface area contributed by atoms with Gasteiger partial charge < -0.3 is 14.5 Å². The van der Waals surface area contributed by atoms with Crippen molar-refractivity contribution in [3.8, 4) is 5.75 Å². The minimum absolute atomic E-state index is 0.0588. The van der Waals surface area contributed by atoms with Crippen LogP contribution in [0.25, 0.3) is 0 Å². The smallest absolute Gasteiger partial charge is 0.324 e. The summed E-state index contributed by atoms with van der Waals surface area (Å²) in [4.78, 5) is 23.5. The molecule has 0 bridgehead atoms. The lowest BCUT2D eigenvalue weighted by molar-refractivity contribution is 0.00960. The van der Waals surface area contributed by atoms with Crippen molar-refractivity contribution in [1.29, 1.82) is 0 Å². The Hall–Kier alpha value is -2.47. The number of pyridine rings is 1. The fraction of sp³-hybridized carbons (Fsp3) is 0.400. The molecule has 0 N–H and O–H groups in total. The molecule has 0 aliphatic carbocycles. The Morgan fingerprint density at radius 3 is 2.78 bits per heavy atom. The number of carbonyl (C=O) groups excluding carboxylic acids is 1. The number of rotatable bonds is 1. The van der Waals surface area contributed by atoms with Gasteiger partial charge in [0.05, 0.1) is 23.6 Å². The molecule has 6 nitrogen and oxygen atoms in total. The van der Waals surface area contributed by atoms with E-state index in [1.165, 1.54) is 5.69 Å². The lowest BCUT2D eigenvalue weighted by Gasteiger charge is -2.61. The number of fused-ring (bicyclic) bond motifs is 1. The van der Waals surface area contributed by atoms with Crippen molar-refractivity contribution in [2.24, 2.45) is 5.41 Å². The first-order chi connectivity index (χ1) is 13.0. The van der Waals surface area contributed by atoms with E-state index in [-0.39, 0.29) is 11.4 Å². The Balaban J connectivity index is 1.24. The molecule has 3 aliphatic heterocycles. The molecule has 4 heterocycles. The molecule has 0 radical (unpaired) electrons. The van der Waals surface area contributed by atoms with Crippen LogP contribution in [0.15, 0.2) is 36.5 Å². The molecule has 1 aromatic heterocycles. The maximum atomic E-state index is 13.0. The average Bonchev–Trinajstić information content (AvgIpc) is 2.59. The van der Waals surface area contributed by atoms with Crippen LogP contribution in [0.3, 0.4) is 0 Å². The van der Waals surface area contributed by atoms with Gasteiger partial charge in [-0.05, 0) is 31.2 Å². The zero-order valence-corrected chi connectivity index (χ0v) is 15.9. The van der Waals surface area contributed by atoms with Crippen LogP contribution in [-0.4, -0.2) is 55.2 Å². The van der Waals surface area contributed by atoms with Crippen molar-refractivity contribution in [3.63, 3.8) is 0 Å². The van der Waals surface area contributed by atoms with Crippen molar-refractivity contribution in [2.75, 3.05) is 49.1 Å². The Bertz CT molecular complexity index is 905. The number of amides is 2. The van der Waals surface area contributed by atoms with E-state index in [4.69, 9.17) is 16.3 Å². The number of ether oxygens (including phenoxy) is 1. The van der Waals surface area contributed by atoms with E-state index in [1.807, 2.05) is 35.1 Å². The molecule has 3 aliphatic rings. The standard InChI is InChI=1S/C20H21ClN4O2/c1-14-16(3-2-6-22-14)23-10-20(11-23)12-24(13-20)19(26)25-7-8-27-18-9-15(21)4-5-17(18)25/h2-6,9H,7-8,10-13H2,1H3. The molecule has 7 heteroatoms. The van der Waals surface area contributed by atoms with E-state index in [2.05, 4.69) is 16.0 Å². The molecular formula is C20H21ClN4O2. The van der Waals surface area contributed by atoms with Crippen LogP contribution in [0, 0.1) is 12.3 Å². The number of hydrogen-bond donors (Lipinski definition) is 0. The summed E-state index contributed by atoms with van der Waals surface area (Å²) < 4.78 is 5.65. The molecule has 2 fully saturated rings. The van der Waals surface area contributed by atoms with Crippen molar-refractivity contribution in [1.82, 2.24) is 9.88 Å². The fourth-order valence-corrected chi connectivity index (χ4v) is 4.57. The fourth-order valence-electron chi connectivity index (χ4n) is 4.41. The summed E-state index contributed by atoms with van der Waals surface area (Å²) in [5.74, 6) is 0.680. The van der Waals surface area contributed by atoms with E-state index < -0.39 is 0 Å². The zero-order valence-electron chi connectivity index (χ0n) is 15.2. The molecule has 2 amide bonds. The number of hydrogen-bond acceptors (Lipinski definition) is 4. The van der Waals surface area contributed by atoms with Crippen LogP contribution in [0.1, 0.15) is 5.69 Å². The zero-order chi connectivity index (χ0) is 18.6. The highest BCUT2D eigenvalue weighted by Crippen LogP contribution is 2.43. The number of nitrogens with zero attached hydrogens (tertiary/aromatic N) is 4. The lowest BCUT2D eigenvalue weighted by atomic mass is 9.72. The van der Waals surface area contributed by atoms with Crippen LogP contribution >= 0.6 is 11.6 Å². The molecule has 0 unspecified atom stereocenters. The van der Waals surface area contributed by atoms with Gasteiger partial charge in [-0.1, -0.05) is 11.6 Å². The topological polar surface area (TPSA) is 48.9 Å². The van der Waals surface area contributed by atoms with E-state index >= 15 is 0 Å². The van der Waals surface area contributed by atoms with Gasteiger partial charge in [-0.3, -0.25) is 9.88 Å². The predicted molar refractivity (Wildman–Crippen MR) is 105 cm³/mol. The number of urea groups is 1. The van der Waals surface area contributed by atoms with E-state index in [0.29, 0.717) is 23.9 Å². The summed E-state index contributed by atoms with van der Waals surface area (Å²) in [6.07, 6.45) is 1.82. The molecule has 1 spiro atoms. The summed E-state index contributed by atoms with van der Waals surface area (Å²) >= 11 is 6.04. The summed E-state index contributed by atoms with van der Waals surface area (Å²) in [6, 6.07) is 9.59. The van der Waals surface area contributed by atoms with Crippen molar-refractivity contribution in [3.05, 3.63) is 47.2 Å². The first-order valence-corrected chi connectivity index (χ1v) is 9.58. The second-order valence-electron chi connectivity index (χ2n) is 7.71. The first-order valence-electron chi connectivity index (χ1n) is 9.20. The Labute approximate surface area is 163 Å². The molecule has 1 aromatic carbocycles. The maximum Gasteiger partial charge on any atom is 0.324 e. The molecule has 27 heavy (non-hydrogen) atoms. The molecule has 2 saturated heterocycles. The van der Waals surface area contributed by atoms with Gasteiger partial charge in [0.2, 0.25) is 0 Å². The van der Waals surface area contributed by atoms with Crippen molar-refractivity contribution < 1.29 is 9.53 Å². The Morgan fingerprint density at radius 1 is 1.19 bits per heavy atom. The summed E-state index contributed by atoms with van der Waals surface area (Å²) in [5.41, 5.74) is 3.29. The Morgan fingerprint density at radius 2 is 2.00 bits per heavy atom. The second kappa shape index (κ2) is 6.02. The molecule has 0 saturated carbocycles. The number of halogens is 1. The van der Waals surface area contributed by atoms with Gasteiger partial charge in [0, 0.05) is 48.9 Å². The maximum absolute atomic E-state index is 13.0. The van der Waals surface area contributed by atoms with Gasteiger partial charge in [-0.2, -0.15) is 0 Å². The lowest BCUT2D eigenvalue weighted by Crippen LogP contribution is -2.74. The summed E-state index contributed by atoms with van der Waals surface area (Å²) in [7, 11) is 0. The number of likely N-dealkylation sites (tertiary alicyclic amines) is 1. The van der Waals surface area contributed by atoms with Crippen molar-refractivity contribution in [2.45, 2.75) is 6.92 Å². The first kappa shape index (κ1) is 16.7. The van der Waals surface area contributed by atoms with Crippen molar-refractivity contribution >= 4 is 29.0 Å². The number of aromatic nitrogens is 1. The number of benzene rings is 1. The SMILES string of the molecule is Cc1ncccc1N1CC2(CN(C(=O)N3CCOc4cc(Cl)ccc43)C2)C1. The van der Waals surface area contributed by atoms with Gasteiger partial charge in [0.25, 0.3) is 0 Å². The van der Waals surface area contributed by atoms with E-state index in [9.17, 15) is 4.79 Å². The van der Waals surface area contributed by atoms with Gasteiger partial charge in [0.1, 0.15) is 12.4 Å². The minimum Gasteiger partial charge on any atom is -0.489 e. The molecule has 2 aromatic rings. The minimum atomic E-state index is 0.0588. The third-order valence-electron chi connectivity index (χ3n) is 5.71. The van der Waals surface area contributed by atoms with Crippen LogP contribution in [0.2, 0.25) is 5.02 Å². The third-order valence-corrected chi connectivity index (χ3v) is 5.95. The molecule has 0 atom stereocenters. The van der Waals surface area contributed by atoms with Gasteiger partial charge in [-0.25, -0.2) is 4.79 Å². The van der Waals surface area contributed by atoms with Crippen LogP contribution < -0.4 is 14.5 Å².